The first kappa shape index (κ1) is 101. The summed E-state index contributed by atoms with van der Waals surface area (Å²) >= 11 is 0. The van der Waals surface area contributed by atoms with Gasteiger partial charge >= 0.3 is 39.5 Å². The lowest BCUT2D eigenvalue weighted by atomic mass is 9.99. The number of phosphoric ester groups is 2. The molecule has 3 N–H and O–H groups in total. The van der Waals surface area contributed by atoms with Crippen LogP contribution in [0.15, 0.2) is 0 Å². The Kier molecular flexibility index (Phi) is 72.8. The Bertz CT molecular complexity index is 1990. The van der Waals surface area contributed by atoms with Crippen molar-refractivity contribution in [3.8, 4) is 0 Å². The molecule has 0 aliphatic heterocycles. The minimum absolute atomic E-state index is 0.106. The van der Waals surface area contributed by atoms with Gasteiger partial charge in [-0.15, -0.1) is 0 Å². The number of hydrogen-bond acceptors (Lipinski definition) is 15. The van der Waals surface area contributed by atoms with Crippen molar-refractivity contribution in [3.63, 3.8) is 0 Å². The lowest BCUT2D eigenvalue weighted by Crippen LogP contribution is -2.30. The zero-order chi connectivity index (χ0) is 75.8. The van der Waals surface area contributed by atoms with Gasteiger partial charge in [0.15, 0.2) is 12.2 Å². The molecular formula is C84H164O17P2. The van der Waals surface area contributed by atoms with E-state index < -0.39 is 97.5 Å². The third-order valence-electron chi connectivity index (χ3n) is 20.0. The molecule has 17 nitrogen and oxygen atoms in total. The van der Waals surface area contributed by atoms with Crippen LogP contribution in [-0.4, -0.2) is 96.7 Å². The molecule has 19 heteroatoms. The van der Waals surface area contributed by atoms with E-state index in [0.29, 0.717) is 25.7 Å². The Labute approximate surface area is 632 Å². The first-order valence-corrected chi connectivity index (χ1v) is 46.4. The molecule has 0 aliphatic carbocycles. The molecule has 0 saturated heterocycles. The van der Waals surface area contributed by atoms with E-state index in [1.165, 1.54) is 250 Å². The predicted octanol–water partition coefficient (Wildman–Crippen LogP) is 25.3. The summed E-state index contributed by atoms with van der Waals surface area (Å²) in [7, 11) is -9.93. The van der Waals surface area contributed by atoms with Gasteiger partial charge in [-0.3, -0.25) is 37.3 Å². The van der Waals surface area contributed by atoms with Gasteiger partial charge in [-0.1, -0.05) is 389 Å². The number of ether oxygens (including phenoxy) is 4. The van der Waals surface area contributed by atoms with Crippen molar-refractivity contribution < 1.29 is 80.2 Å². The number of phosphoric acid groups is 2. The summed E-state index contributed by atoms with van der Waals surface area (Å²) < 4.78 is 68.8. The van der Waals surface area contributed by atoms with Gasteiger partial charge in [0.1, 0.15) is 19.3 Å². The molecule has 0 heterocycles. The van der Waals surface area contributed by atoms with E-state index in [4.69, 9.17) is 37.0 Å². The standard InChI is InChI=1S/C84H164O17P2/c1-8-10-11-12-13-14-15-16-17-18-19-20-21-22-23-24-27-31-37-46-53-60-67-83(88)100-79(71-94-81(86)65-58-51-44-36-30-28-25-26-29-34-41-48-55-62-75(3)4)73-98-102(90,91)96-69-78(85)70-97-103(92,93)99-74-80(72-95-82(87)66-59-52-45-40-39-43-50-57-64-77(7)9-2)101-84(89)68-61-54-47-38-33-32-35-42-49-56-63-76(5)6/h75-80,85H,8-74H2,1-7H3,(H,90,91)(H,92,93)/t77?,78-,79-,80-/m1/s1. The van der Waals surface area contributed by atoms with Crippen LogP contribution in [0.3, 0.4) is 0 Å². The monoisotopic (exact) mass is 1510 g/mol. The average Bonchev–Trinajstić information content (AvgIpc) is 0.910. The molecule has 0 radical (unpaired) electrons. The smallest absolute Gasteiger partial charge is 0.462 e. The van der Waals surface area contributed by atoms with Crippen molar-refractivity contribution in [2.75, 3.05) is 39.6 Å². The second-order valence-corrected chi connectivity index (χ2v) is 34.3. The second-order valence-electron chi connectivity index (χ2n) is 31.4. The number of aliphatic hydroxyl groups is 1. The van der Waals surface area contributed by atoms with Gasteiger partial charge in [0.2, 0.25) is 0 Å². The fourth-order valence-corrected chi connectivity index (χ4v) is 14.6. The minimum atomic E-state index is -4.96. The maximum Gasteiger partial charge on any atom is 0.472 e. The van der Waals surface area contributed by atoms with Crippen molar-refractivity contribution >= 4 is 39.5 Å². The molecule has 612 valence electrons. The Morgan fingerprint density at radius 2 is 0.495 bits per heavy atom. The summed E-state index contributed by atoms with van der Waals surface area (Å²) in [6, 6.07) is 0. The van der Waals surface area contributed by atoms with E-state index in [-0.39, 0.29) is 25.7 Å². The number of hydrogen-bond donors (Lipinski definition) is 3. The molecule has 0 spiro atoms. The highest BCUT2D eigenvalue weighted by Crippen LogP contribution is 2.45. The molecule has 0 saturated carbocycles. The SMILES string of the molecule is CCCCCCCCCCCCCCCCCCCCCCCCC(=O)O[C@H](COC(=O)CCCCCCCCCCCCCCCC(C)C)COP(=O)(O)OC[C@@H](O)COP(=O)(O)OC[C@@H](COC(=O)CCCCCCCCCCC(C)CC)OC(=O)CCCCCCCCCCCCC(C)C. The van der Waals surface area contributed by atoms with Gasteiger partial charge in [-0.2, -0.15) is 0 Å². The van der Waals surface area contributed by atoms with Crippen LogP contribution >= 0.6 is 15.6 Å². The van der Waals surface area contributed by atoms with Gasteiger partial charge in [0, 0.05) is 25.7 Å². The Morgan fingerprint density at radius 3 is 0.738 bits per heavy atom. The number of carbonyl (C=O) groups excluding carboxylic acids is 4. The Morgan fingerprint density at radius 1 is 0.282 bits per heavy atom. The predicted molar refractivity (Wildman–Crippen MR) is 423 cm³/mol. The summed E-state index contributed by atoms with van der Waals surface area (Å²) in [6.07, 6.45) is 63.9. The molecule has 0 rings (SSSR count). The molecule has 0 aromatic carbocycles. The number of unbranched alkanes of at least 4 members (excludes halogenated alkanes) is 49. The second kappa shape index (κ2) is 74.2. The van der Waals surface area contributed by atoms with Crippen LogP contribution in [0.2, 0.25) is 0 Å². The first-order valence-electron chi connectivity index (χ1n) is 43.4. The van der Waals surface area contributed by atoms with Gasteiger partial charge in [-0.25, -0.2) is 9.13 Å². The van der Waals surface area contributed by atoms with Crippen LogP contribution < -0.4 is 0 Å². The fourth-order valence-electron chi connectivity index (χ4n) is 13.0. The van der Waals surface area contributed by atoms with Crippen molar-refractivity contribution in [2.45, 2.75) is 458 Å². The van der Waals surface area contributed by atoms with Crippen LogP contribution in [0.25, 0.3) is 0 Å². The summed E-state index contributed by atoms with van der Waals surface area (Å²) in [4.78, 5) is 73.1. The third-order valence-corrected chi connectivity index (χ3v) is 21.9. The largest absolute Gasteiger partial charge is 0.472 e. The topological polar surface area (TPSA) is 237 Å². The molecule has 3 unspecified atom stereocenters. The molecule has 0 amide bonds. The highest BCUT2D eigenvalue weighted by Gasteiger charge is 2.30. The molecule has 0 aromatic heterocycles. The average molecular weight is 1510 g/mol. The Hall–Kier alpha value is -1.94. The van der Waals surface area contributed by atoms with Gasteiger partial charge in [-0.05, 0) is 43.4 Å². The normalized spacial score (nSPS) is 14.2. The maximum atomic E-state index is 13.1. The molecule has 6 atom stereocenters. The highest BCUT2D eigenvalue weighted by atomic mass is 31.2. The van der Waals surface area contributed by atoms with E-state index in [9.17, 15) is 43.2 Å². The molecule has 0 aromatic rings. The highest BCUT2D eigenvalue weighted by molar-refractivity contribution is 7.47. The number of aliphatic hydroxyl groups excluding tert-OH is 1. The van der Waals surface area contributed by atoms with Crippen molar-refractivity contribution in [1.29, 1.82) is 0 Å². The van der Waals surface area contributed by atoms with Gasteiger partial charge in [0.05, 0.1) is 26.4 Å². The molecular weight excluding hydrogens is 1340 g/mol. The third kappa shape index (κ3) is 76.6. The summed E-state index contributed by atoms with van der Waals surface area (Å²) in [6.45, 7) is 12.0. The van der Waals surface area contributed by atoms with Crippen LogP contribution in [-0.2, 0) is 65.4 Å². The fraction of sp³-hybridized carbons (Fsp3) is 0.952. The zero-order valence-corrected chi connectivity index (χ0v) is 69.6. The van der Waals surface area contributed by atoms with Gasteiger partial charge < -0.3 is 33.8 Å². The first-order chi connectivity index (χ1) is 49.8. The van der Waals surface area contributed by atoms with Gasteiger partial charge in [0.25, 0.3) is 0 Å². The van der Waals surface area contributed by atoms with E-state index in [2.05, 4.69) is 48.5 Å². The van der Waals surface area contributed by atoms with Crippen molar-refractivity contribution in [3.05, 3.63) is 0 Å². The van der Waals surface area contributed by atoms with E-state index in [0.717, 1.165) is 108 Å². The Balaban J connectivity index is 5.23. The van der Waals surface area contributed by atoms with Crippen LogP contribution in [0.1, 0.15) is 440 Å². The summed E-state index contributed by atoms with van der Waals surface area (Å²) in [5.41, 5.74) is 0. The lowest BCUT2D eigenvalue weighted by Gasteiger charge is -2.21. The van der Waals surface area contributed by atoms with Crippen molar-refractivity contribution in [1.82, 2.24) is 0 Å². The quantitative estimate of drug-likeness (QED) is 0.0222. The van der Waals surface area contributed by atoms with Crippen LogP contribution in [0.4, 0.5) is 0 Å². The molecule has 0 bridgehead atoms. The lowest BCUT2D eigenvalue weighted by molar-refractivity contribution is -0.161. The molecule has 103 heavy (non-hydrogen) atoms. The number of carbonyl (C=O) groups is 4. The van der Waals surface area contributed by atoms with Crippen LogP contribution in [0.5, 0.6) is 0 Å². The summed E-state index contributed by atoms with van der Waals surface area (Å²) in [5.74, 6) is 0.211. The molecule has 0 aliphatic rings. The van der Waals surface area contributed by atoms with Crippen molar-refractivity contribution in [2.24, 2.45) is 17.8 Å². The van der Waals surface area contributed by atoms with E-state index in [1.54, 1.807) is 0 Å². The summed E-state index contributed by atoms with van der Waals surface area (Å²) in [5, 5.41) is 10.7. The van der Waals surface area contributed by atoms with E-state index in [1.807, 2.05) is 0 Å². The molecule has 0 fully saturated rings. The number of esters is 4. The van der Waals surface area contributed by atoms with E-state index >= 15 is 0 Å². The zero-order valence-electron chi connectivity index (χ0n) is 67.8. The van der Waals surface area contributed by atoms with Crippen LogP contribution in [0, 0.1) is 17.8 Å². The number of rotatable bonds is 82. The maximum absolute atomic E-state index is 13.1. The minimum Gasteiger partial charge on any atom is -0.462 e.